The molecule has 11 nitrogen and oxygen atoms in total. The van der Waals surface area contributed by atoms with Gasteiger partial charge in [0.2, 0.25) is 10.7 Å². The lowest BCUT2D eigenvalue weighted by atomic mass is 9.75. The van der Waals surface area contributed by atoms with E-state index in [-0.39, 0.29) is 52.3 Å². The molecule has 4 heterocycles. The zero-order chi connectivity index (χ0) is 38.3. The number of nitrogens with one attached hydrogen (secondary N) is 1. The summed E-state index contributed by atoms with van der Waals surface area (Å²) >= 11 is -2.27. The molecule has 0 aliphatic carbocycles. The van der Waals surface area contributed by atoms with Crippen molar-refractivity contribution in [1.82, 2.24) is 24.7 Å². The molecule has 0 spiro atoms. The summed E-state index contributed by atoms with van der Waals surface area (Å²) in [4.78, 5) is 23.8. The Morgan fingerprint density at radius 1 is 1.15 bits per heavy atom. The minimum absolute atomic E-state index is 0.0560. The smallest absolute Gasteiger partial charge is 0.309 e. The van der Waals surface area contributed by atoms with Crippen molar-refractivity contribution in [1.29, 1.82) is 0 Å². The van der Waals surface area contributed by atoms with Gasteiger partial charge in [-0.2, -0.15) is 9.49 Å². The minimum atomic E-state index is -3.73. The third-order valence-electron chi connectivity index (χ3n) is 10.1. The summed E-state index contributed by atoms with van der Waals surface area (Å²) in [6.07, 6.45) is 4.59. The molecule has 2 aromatic carbocycles. The first-order valence-electron chi connectivity index (χ1n) is 17.3. The number of fused-ring (bicyclic) bond motifs is 8. The molecular formula is C38H43F2N5O6S2. The van der Waals surface area contributed by atoms with Crippen LogP contribution < -0.4 is 0 Å². The van der Waals surface area contributed by atoms with E-state index in [1.54, 1.807) is 11.7 Å². The van der Waals surface area contributed by atoms with Gasteiger partial charge in [-0.05, 0) is 55.2 Å². The van der Waals surface area contributed by atoms with E-state index in [0.29, 0.717) is 36.6 Å². The molecular weight excluding hydrogens is 725 g/mol. The molecule has 0 radical (unpaired) electrons. The van der Waals surface area contributed by atoms with E-state index >= 15 is 8.78 Å². The number of carbonyl (C=O) groups is 1. The summed E-state index contributed by atoms with van der Waals surface area (Å²) in [7, 11) is -0.557. The Hall–Kier alpha value is -4.18. The number of rotatable bonds is 6. The topological polar surface area (TPSA) is 163 Å². The van der Waals surface area contributed by atoms with Gasteiger partial charge in [-0.15, -0.1) is 0 Å². The summed E-state index contributed by atoms with van der Waals surface area (Å²) < 4.78 is 79.7. The number of aromatic amines is 1. The number of nitrogens with zero attached hydrogens (tertiary/aromatic N) is 4. The van der Waals surface area contributed by atoms with Crippen LogP contribution in [-0.2, 0) is 55.8 Å². The van der Waals surface area contributed by atoms with Gasteiger partial charge in [0.25, 0.3) is 0 Å². The number of aryl methyl sites for hydroxylation is 2. The van der Waals surface area contributed by atoms with Gasteiger partial charge in [0.15, 0.2) is 32.2 Å². The largest absolute Gasteiger partial charge is 0.606 e. The van der Waals surface area contributed by atoms with E-state index in [1.165, 1.54) is 37.7 Å². The van der Waals surface area contributed by atoms with Crippen molar-refractivity contribution in [2.75, 3.05) is 25.2 Å². The molecule has 15 heteroatoms. The van der Waals surface area contributed by atoms with Gasteiger partial charge in [-0.1, -0.05) is 44.5 Å². The number of ether oxygens (including phenoxy) is 1. The van der Waals surface area contributed by atoms with Crippen molar-refractivity contribution in [2.24, 2.45) is 18.4 Å². The number of hydrogen-bond donors (Lipinski definition) is 2. The van der Waals surface area contributed by atoms with Crippen molar-refractivity contribution in [3.63, 3.8) is 0 Å². The molecule has 2 N–H and O–H groups in total. The fourth-order valence-corrected chi connectivity index (χ4v) is 10.7. The maximum Gasteiger partial charge on any atom is 0.309 e. The van der Waals surface area contributed by atoms with Crippen LogP contribution in [0, 0.1) is 23.0 Å². The fourth-order valence-electron chi connectivity index (χ4n) is 7.36. The van der Waals surface area contributed by atoms with Crippen molar-refractivity contribution in [2.45, 2.75) is 68.1 Å². The highest BCUT2D eigenvalue weighted by Crippen LogP contribution is 2.40. The second-order valence-corrected chi connectivity index (χ2v) is 18.4. The third kappa shape index (κ3) is 7.89. The first-order chi connectivity index (χ1) is 25.0. The molecule has 0 fully saturated rings. The molecule has 1 aliphatic rings. The van der Waals surface area contributed by atoms with Gasteiger partial charge in [0, 0.05) is 60.8 Å². The lowest BCUT2D eigenvalue weighted by molar-refractivity contribution is -0.143. The molecule has 5 aromatic rings. The molecule has 0 saturated heterocycles. The summed E-state index contributed by atoms with van der Waals surface area (Å²) in [6.45, 7) is 5.84. The van der Waals surface area contributed by atoms with E-state index < -0.39 is 60.3 Å². The average molecular weight is 768 g/mol. The van der Waals surface area contributed by atoms with Crippen LogP contribution in [0.15, 0.2) is 64.6 Å². The van der Waals surface area contributed by atoms with Crippen LogP contribution >= 0.6 is 0 Å². The fraction of sp³-hybridized carbons (Fsp3) is 0.421. The summed E-state index contributed by atoms with van der Waals surface area (Å²) in [5, 5.41) is 14.9. The highest BCUT2D eigenvalue weighted by Gasteiger charge is 2.37. The number of pyridine rings is 1. The van der Waals surface area contributed by atoms with Crippen LogP contribution in [0.5, 0.6) is 0 Å². The summed E-state index contributed by atoms with van der Waals surface area (Å²) in [5.41, 5.74) is 0.519. The quantitative estimate of drug-likeness (QED) is 0.193. The number of benzene rings is 2. The molecule has 0 saturated carbocycles. The SMILES string of the molecule is COCC(Cc1cccc([C@@]2(C)CCCC(C)(C)CS(=O)(=O)CCc3c(c(F)c(F)c4[nH]ccc34)[S+]([O-])c3ccnc(c3)-c3nc2nn3C)c1)C(=O)O. The number of carboxylic acid groups (broad SMARTS) is 1. The molecule has 4 bridgehead atoms. The second kappa shape index (κ2) is 14.9. The number of hydrogen-bond acceptors (Lipinski definition) is 8. The maximum atomic E-state index is 15.9. The van der Waals surface area contributed by atoms with Crippen LogP contribution in [0.3, 0.4) is 0 Å². The van der Waals surface area contributed by atoms with Crippen molar-refractivity contribution >= 4 is 37.9 Å². The Bertz CT molecular complexity index is 2270. The van der Waals surface area contributed by atoms with Crippen LogP contribution in [0.1, 0.15) is 62.5 Å². The zero-order valence-electron chi connectivity index (χ0n) is 30.3. The third-order valence-corrected chi connectivity index (χ3v) is 13.7. The van der Waals surface area contributed by atoms with Crippen molar-refractivity contribution < 1.29 is 36.4 Å². The average Bonchev–Trinajstić information content (AvgIpc) is 3.75. The predicted octanol–water partition coefficient (Wildman–Crippen LogP) is 6.17. The lowest BCUT2D eigenvalue weighted by Gasteiger charge is -2.31. The van der Waals surface area contributed by atoms with E-state index in [1.807, 2.05) is 45.0 Å². The first-order valence-corrected chi connectivity index (χ1v) is 20.3. The van der Waals surface area contributed by atoms with Gasteiger partial charge in [-0.3, -0.25) is 9.78 Å². The van der Waals surface area contributed by atoms with Crippen molar-refractivity contribution in [3.05, 3.63) is 89.0 Å². The minimum Gasteiger partial charge on any atom is -0.606 e. The van der Waals surface area contributed by atoms with Crippen LogP contribution in [-0.4, -0.2) is 74.0 Å². The molecule has 53 heavy (non-hydrogen) atoms. The molecule has 3 atom stereocenters. The second-order valence-electron chi connectivity index (χ2n) is 14.8. The Morgan fingerprint density at radius 2 is 1.92 bits per heavy atom. The number of sulfone groups is 1. The van der Waals surface area contributed by atoms with E-state index in [2.05, 4.69) is 9.97 Å². The Kier molecular flexibility index (Phi) is 10.9. The van der Waals surface area contributed by atoms with Crippen LogP contribution in [0.4, 0.5) is 8.78 Å². The van der Waals surface area contributed by atoms with Crippen LogP contribution in [0.25, 0.3) is 22.4 Å². The monoisotopic (exact) mass is 767 g/mol. The van der Waals surface area contributed by atoms with Gasteiger partial charge < -0.3 is 19.4 Å². The number of aromatic nitrogens is 5. The first kappa shape index (κ1) is 38.5. The summed E-state index contributed by atoms with van der Waals surface area (Å²) in [5.74, 6) is -3.91. The standard InChI is InChI=1S/C38H43F2N5O6S2/c1-37(2)13-7-14-38(3,25-9-6-8-23(19-25)18-24(21-51-5)35(46)47)36-43-34(45(4)44-36)29-20-26(10-15-41-29)52(48)33-28(12-17-53(49,50)22-37)27-11-16-42-32(27)30(39)31(33)40/h6,8-11,15-16,19-20,24,42H,7,12-14,17-18,21-22H2,1-5H3,(H,46,47)/t24?,38-,52?/m1/s1. The highest BCUT2D eigenvalue weighted by molar-refractivity contribution is 7.92. The number of aliphatic carboxylic acids is 1. The Morgan fingerprint density at radius 3 is 2.66 bits per heavy atom. The van der Waals surface area contributed by atoms with Gasteiger partial charge in [0.1, 0.15) is 5.69 Å². The molecule has 2 unspecified atom stereocenters. The van der Waals surface area contributed by atoms with Gasteiger partial charge >= 0.3 is 5.97 Å². The van der Waals surface area contributed by atoms with Crippen LogP contribution in [0.2, 0.25) is 0 Å². The normalized spacial score (nSPS) is 21.0. The van der Waals surface area contributed by atoms with Gasteiger partial charge in [0.05, 0.1) is 35.0 Å². The number of H-pyrrole nitrogens is 1. The molecule has 282 valence electrons. The van der Waals surface area contributed by atoms with Gasteiger partial charge in [-0.25, -0.2) is 22.5 Å². The molecule has 1 aliphatic heterocycles. The number of carboxylic acids is 1. The lowest BCUT2D eigenvalue weighted by Crippen LogP contribution is -2.29. The highest BCUT2D eigenvalue weighted by atomic mass is 32.2. The predicted molar refractivity (Wildman–Crippen MR) is 197 cm³/mol. The molecule has 0 amide bonds. The molecule has 6 rings (SSSR count). The van der Waals surface area contributed by atoms with E-state index in [9.17, 15) is 22.9 Å². The molecule has 3 aromatic heterocycles. The Labute approximate surface area is 310 Å². The summed E-state index contributed by atoms with van der Waals surface area (Å²) in [6, 6.07) is 12.1. The zero-order valence-corrected chi connectivity index (χ0v) is 31.9. The maximum absolute atomic E-state index is 15.9. The Balaban J connectivity index is 1.50. The van der Waals surface area contributed by atoms with E-state index in [4.69, 9.17) is 14.8 Å². The number of methoxy groups -OCH3 is 1. The number of halogens is 2. The van der Waals surface area contributed by atoms with E-state index in [0.717, 1.165) is 11.1 Å². The van der Waals surface area contributed by atoms with Crippen molar-refractivity contribution in [3.8, 4) is 11.5 Å².